The summed E-state index contributed by atoms with van der Waals surface area (Å²) in [6, 6.07) is 4.40. The average Bonchev–Trinajstić information content (AvgIpc) is 2.32. The van der Waals surface area contributed by atoms with Crippen molar-refractivity contribution in [2.45, 2.75) is 24.7 Å². The van der Waals surface area contributed by atoms with E-state index in [1.807, 2.05) is 0 Å². The molecule has 102 valence electrons. The van der Waals surface area contributed by atoms with Crippen molar-refractivity contribution in [2.24, 2.45) is 0 Å². The van der Waals surface area contributed by atoms with Crippen LogP contribution in [0.1, 0.15) is 19.8 Å². The van der Waals surface area contributed by atoms with Crippen LogP contribution in [0.2, 0.25) is 10.0 Å². The number of hydrogen-bond donors (Lipinski definition) is 1. The first-order valence-corrected chi connectivity index (χ1v) is 8.26. The van der Waals surface area contributed by atoms with E-state index in [1.165, 1.54) is 18.2 Å². The second-order valence-electron chi connectivity index (χ2n) is 4.00. The van der Waals surface area contributed by atoms with E-state index in [0.717, 1.165) is 13.0 Å². The Labute approximate surface area is 118 Å². The van der Waals surface area contributed by atoms with Crippen LogP contribution in [0, 0.1) is 0 Å². The largest absolute Gasteiger partial charge is 0.317 e. The van der Waals surface area contributed by atoms with Gasteiger partial charge in [-0.3, -0.25) is 0 Å². The summed E-state index contributed by atoms with van der Waals surface area (Å²) in [6.07, 6.45) is 1.63. The maximum absolute atomic E-state index is 12.0. The van der Waals surface area contributed by atoms with Crippen molar-refractivity contribution in [3.63, 3.8) is 0 Å². The van der Waals surface area contributed by atoms with Gasteiger partial charge in [-0.15, -0.1) is 0 Å². The zero-order chi connectivity index (χ0) is 13.6. The molecule has 0 aliphatic rings. The second-order valence-corrected chi connectivity index (χ2v) is 6.92. The van der Waals surface area contributed by atoms with Crippen molar-refractivity contribution in [3.8, 4) is 0 Å². The summed E-state index contributed by atoms with van der Waals surface area (Å²) >= 11 is 11.6. The highest BCUT2D eigenvalue weighted by Crippen LogP contribution is 2.25. The Kier molecular flexibility index (Phi) is 6.43. The topological polar surface area (TPSA) is 46.2 Å². The van der Waals surface area contributed by atoms with E-state index in [2.05, 4.69) is 12.2 Å². The van der Waals surface area contributed by atoms with Crippen molar-refractivity contribution >= 4 is 33.0 Å². The zero-order valence-electron chi connectivity index (χ0n) is 10.2. The quantitative estimate of drug-likeness (QED) is 0.787. The number of hydrogen-bond acceptors (Lipinski definition) is 3. The Morgan fingerprint density at radius 2 is 1.89 bits per heavy atom. The van der Waals surface area contributed by atoms with Crippen LogP contribution in [0.4, 0.5) is 0 Å². The summed E-state index contributed by atoms with van der Waals surface area (Å²) in [6.45, 7) is 3.68. The summed E-state index contributed by atoms with van der Waals surface area (Å²) < 4.78 is 24.0. The highest BCUT2D eigenvalue weighted by molar-refractivity contribution is 7.91. The molecule has 0 aromatic heterocycles. The molecule has 1 N–H and O–H groups in total. The van der Waals surface area contributed by atoms with Crippen LogP contribution in [0.3, 0.4) is 0 Å². The molecule has 0 unspecified atom stereocenters. The van der Waals surface area contributed by atoms with Crippen LogP contribution < -0.4 is 5.32 Å². The van der Waals surface area contributed by atoms with Gasteiger partial charge in [0.1, 0.15) is 0 Å². The summed E-state index contributed by atoms with van der Waals surface area (Å²) in [5, 5.41) is 3.79. The number of benzene rings is 1. The van der Waals surface area contributed by atoms with E-state index in [4.69, 9.17) is 23.2 Å². The van der Waals surface area contributed by atoms with Crippen LogP contribution >= 0.6 is 23.2 Å². The molecule has 0 bridgehead atoms. The molecule has 0 spiro atoms. The SMILES string of the molecule is CCCNCCCS(=O)(=O)c1ccc(Cl)c(Cl)c1. The molecule has 0 fully saturated rings. The molecule has 0 amide bonds. The number of halogens is 2. The van der Waals surface area contributed by atoms with E-state index < -0.39 is 9.84 Å². The molecular weight excluding hydrogens is 293 g/mol. The van der Waals surface area contributed by atoms with Crippen molar-refractivity contribution in [1.29, 1.82) is 0 Å². The van der Waals surface area contributed by atoms with Gasteiger partial charge in [0, 0.05) is 0 Å². The summed E-state index contributed by atoms with van der Waals surface area (Å²) in [5.41, 5.74) is 0. The summed E-state index contributed by atoms with van der Waals surface area (Å²) in [7, 11) is -3.27. The molecule has 0 aliphatic heterocycles. The molecule has 1 rings (SSSR count). The molecular formula is C12H17Cl2NO2S. The third kappa shape index (κ3) is 4.76. The molecule has 6 heteroatoms. The maximum atomic E-state index is 12.0. The highest BCUT2D eigenvalue weighted by atomic mass is 35.5. The van der Waals surface area contributed by atoms with Crippen molar-refractivity contribution in [2.75, 3.05) is 18.8 Å². The predicted molar refractivity (Wildman–Crippen MR) is 76.3 cm³/mol. The Bertz CT molecular complexity index is 489. The van der Waals surface area contributed by atoms with E-state index in [-0.39, 0.29) is 15.7 Å². The van der Waals surface area contributed by atoms with Crippen LogP contribution in [0.25, 0.3) is 0 Å². The van der Waals surface area contributed by atoms with Gasteiger partial charge in [0.25, 0.3) is 0 Å². The van der Waals surface area contributed by atoms with Gasteiger partial charge in [-0.25, -0.2) is 8.42 Å². The second kappa shape index (κ2) is 7.34. The smallest absolute Gasteiger partial charge is 0.178 e. The lowest BCUT2D eigenvalue weighted by Crippen LogP contribution is -2.19. The Morgan fingerprint density at radius 3 is 2.50 bits per heavy atom. The first-order chi connectivity index (χ1) is 8.47. The van der Waals surface area contributed by atoms with Gasteiger partial charge in [0.2, 0.25) is 0 Å². The summed E-state index contributed by atoms with van der Waals surface area (Å²) in [4.78, 5) is 0.229. The minimum Gasteiger partial charge on any atom is -0.317 e. The van der Waals surface area contributed by atoms with Gasteiger partial charge in [-0.1, -0.05) is 30.1 Å². The van der Waals surface area contributed by atoms with Gasteiger partial charge in [0.15, 0.2) is 9.84 Å². The van der Waals surface area contributed by atoms with E-state index in [0.29, 0.717) is 18.0 Å². The third-order valence-corrected chi connectivity index (χ3v) is 4.98. The Balaban J connectivity index is 2.60. The van der Waals surface area contributed by atoms with E-state index in [1.54, 1.807) is 0 Å². The van der Waals surface area contributed by atoms with Gasteiger partial charge >= 0.3 is 0 Å². The molecule has 18 heavy (non-hydrogen) atoms. The molecule has 1 aromatic carbocycles. The molecule has 0 saturated carbocycles. The first kappa shape index (κ1) is 15.8. The van der Waals surface area contributed by atoms with Crippen LogP contribution in [0.15, 0.2) is 23.1 Å². The number of sulfone groups is 1. The molecule has 0 aliphatic carbocycles. The average molecular weight is 310 g/mol. The lowest BCUT2D eigenvalue weighted by Gasteiger charge is -2.06. The van der Waals surface area contributed by atoms with Crippen LogP contribution in [-0.4, -0.2) is 27.3 Å². The van der Waals surface area contributed by atoms with Crippen molar-refractivity contribution in [3.05, 3.63) is 28.2 Å². The normalized spacial score (nSPS) is 11.7. The Morgan fingerprint density at radius 1 is 1.17 bits per heavy atom. The standard InChI is InChI=1S/C12H17Cl2NO2S/c1-2-6-15-7-3-8-18(16,17)10-4-5-11(13)12(14)9-10/h4-5,9,15H,2-3,6-8H2,1H3. The molecule has 0 heterocycles. The number of nitrogens with one attached hydrogen (secondary N) is 1. The van der Waals surface area contributed by atoms with Crippen molar-refractivity contribution < 1.29 is 8.42 Å². The van der Waals surface area contributed by atoms with Crippen molar-refractivity contribution in [1.82, 2.24) is 5.32 Å². The fourth-order valence-electron chi connectivity index (χ4n) is 1.48. The van der Waals surface area contributed by atoms with Gasteiger partial charge in [-0.2, -0.15) is 0 Å². The maximum Gasteiger partial charge on any atom is 0.178 e. The van der Waals surface area contributed by atoms with Gasteiger partial charge in [0.05, 0.1) is 20.7 Å². The molecule has 0 saturated heterocycles. The zero-order valence-corrected chi connectivity index (χ0v) is 12.6. The van der Waals surface area contributed by atoms with E-state index >= 15 is 0 Å². The fraction of sp³-hybridized carbons (Fsp3) is 0.500. The molecule has 1 aromatic rings. The lowest BCUT2D eigenvalue weighted by molar-refractivity contribution is 0.588. The molecule has 3 nitrogen and oxygen atoms in total. The van der Waals surface area contributed by atoms with Crippen LogP contribution in [0.5, 0.6) is 0 Å². The predicted octanol–water partition coefficient (Wildman–Crippen LogP) is 3.16. The number of rotatable bonds is 7. The van der Waals surface area contributed by atoms with Gasteiger partial charge < -0.3 is 5.32 Å². The van der Waals surface area contributed by atoms with Crippen LogP contribution in [-0.2, 0) is 9.84 Å². The summed E-state index contributed by atoms with van der Waals surface area (Å²) in [5.74, 6) is 0.113. The van der Waals surface area contributed by atoms with Gasteiger partial charge in [-0.05, 0) is 44.1 Å². The minimum absolute atomic E-state index is 0.113. The molecule has 0 atom stereocenters. The minimum atomic E-state index is -3.27. The Hall–Kier alpha value is -0.290. The molecule has 0 radical (unpaired) electrons. The third-order valence-electron chi connectivity index (χ3n) is 2.44. The lowest BCUT2D eigenvalue weighted by atomic mass is 10.4. The van der Waals surface area contributed by atoms with E-state index in [9.17, 15) is 8.42 Å². The first-order valence-electron chi connectivity index (χ1n) is 5.86. The highest BCUT2D eigenvalue weighted by Gasteiger charge is 2.15. The monoisotopic (exact) mass is 309 g/mol. The fourth-order valence-corrected chi connectivity index (χ4v) is 3.17.